The summed E-state index contributed by atoms with van der Waals surface area (Å²) in [5.41, 5.74) is 1.68. The highest BCUT2D eigenvalue weighted by atomic mass is 35.5. The molecule has 0 heterocycles. The molecule has 0 aliphatic heterocycles. The normalized spacial score (nSPS) is 11.9. The molecule has 34 heavy (non-hydrogen) atoms. The second kappa shape index (κ2) is 12.7. The van der Waals surface area contributed by atoms with Crippen LogP contribution in [0.5, 0.6) is 5.75 Å². The Kier molecular flexibility index (Phi) is 10.3. The number of benzene rings is 3. The molecule has 0 saturated heterocycles. The Balaban J connectivity index is 0.00000408. The van der Waals surface area contributed by atoms with Gasteiger partial charge in [-0.25, -0.2) is 13.2 Å². The van der Waals surface area contributed by atoms with Crippen LogP contribution in [0.15, 0.2) is 82.6 Å². The highest BCUT2D eigenvalue weighted by Crippen LogP contribution is 2.25. The minimum absolute atomic E-state index is 0. The molecular weight excluding hydrogens is 501 g/mol. The van der Waals surface area contributed by atoms with E-state index in [2.05, 4.69) is 5.32 Å². The van der Waals surface area contributed by atoms with Gasteiger partial charge in [0.15, 0.2) is 6.61 Å². The van der Waals surface area contributed by atoms with E-state index in [1.165, 1.54) is 36.4 Å². The first-order valence-corrected chi connectivity index (χ1v) is 12.0. The SMILES string of the molecule is Cl.O=C(O)COc1cccc(S(=O)(=O)c2ccc(CCNC[C@@H](O)c3cccc(Cl)c3)cc2)c1. The van der Waals surface area contributed by atoms with Crippen LogP contribution < -0.4 is 10.1 Å². The lowest BCUT2D eigenvalue weighted by molar-refractivity contribution is -0.139. The van der Waals surface area contributed by atoms with Crippen LogP contribution in [-0.2, 0) is 21.1 Å². The molecule has 182 valence electrons. The van der Waals surface area contributed by atoms with Gasteiger partial charge in [-0.15, -0.1) is 12.4 Å². The van der Waals surface area contributed by atoms with Crippen LogP contribution in [0, 0.1) is 0 Å². The van der Waals surface area contributed by atoms with E-state index in [1.807, 2.05) is 6.07 Å². The number of carboxylic acids is 1. The van der Waals surface area contributed by atoms with Crippen LogP contribution >= 0.6 is 24.0 Å². The summed E-state index contributed by atoms with van der Waals surface area (Å²) in [5.74, 6) is -0.978. The third-order valence-corrected chi connectivity index (χ3v) is 6.88. The van der Waals surface area contributed by atoms with Crippen molar-refractivity contribution in [3.63, 3.8) is 0 Å². The smallest absolute Gasteiger partial charge is 0.341 e. The van der Waals surface area contributed by atoms with Gasteiger partial charge in [0.25, 0.3) is 0 Å². The van der Waals surface area contributed by atoms with E-state index in [0.29, 0.717) is 24.5 Å². The van der Waals surface area contributed by atoms with E-state index < -0.39 is 28.5 Å². The lowest BCUT2D eigenvalue weighted by atomic mass is 10.1. The maximum atomic E-state index is 12.9. The zero-order valence-electron chi connectivity index (χ0n) is 18.1. The van der Waals surface area contributed by atoms with E-state index in [1.54, 1.807) is 30.3 Å². The molecular formula is C24H25Cl2NO6S. The third kappa shape index (κ3) is 7.72. The molecule has 0 amide bonds. The summed E-state index contributed by atoms with van der Waals surface area (Å²) < 4.78 is 30.9. The van der Waals surface area contributed by atoms with Crippen molar-refractivity contribution in [2.75, 3.05) is 19.7 Å². The number of hydrogen-bond acceptors (Lipinski definition) is 6. The highest BCUT2D eigenvalue weighted by molar-refractivity contribution is 7.91. The second-order valence-electron chi connectivity index (χ2n) is 7.33. The Morgan fingerprint density at radius 3 is 2.38 bits per heavy atom. The average Bonchev–Trinajstić information content (AvgIpc) is 2.81. The zero-order chi connectivity index (χ0) is 23.8. The van der Waals surface area contributed by atoms with Gasteiger partial charge in [0.2, 0.25) is 9.84 Å². The monoisotopic (exact) mass is 525 g/mol. The number of sulfone groups is 1. The number of nitrogens with one attached hydrogen (secondary N) is 1. The highest BCUT2D eigenvalue weighted by Gasteiger charge is 2.18. The Bertz CT molecular complexity index is 1200. The number of ether oxygens (including phenoxy) is 1. The van der Waals surface area contributed by atoms with Crippen molar-refractivity contribution >= 4 is 39.8 Å². The average molecular weight is 526 g/mol. The van der Waals surface area contributed by atoms with Crippen LogP contribution in [0.2, 0.25) is 5.02 Å². The molecule has 1 atom stereocenters. The lowest BCUT2D eigenvalue weighted by Crippen LogP contribution is -2.23. The number of aliphatic carboxylic acids is 1. The quantitative estimate of drug-likeness (QED) is 0.325. The molecule has 3 aromatic carbocycles. The van der Waals surface area contributed by atoms with E-state index in [9.17, 15) is 18.3 Å². The van der Waals surface area contributed by atoms with Crippen LogP contribution in [0.1, 0.15) is 17.2 Å². The van der Waals surface area contributed by atoms with Gasteiger partial charge in [-0.1, -0.05) is 41.9 Å². The van der Waals surface area contributed by atoms with Crippen molar-refractivity contribution < 1.29 is 28.2 Å². The fourth-order valence-corrected chi connectivity index (χ4v) is 4.65. The van der Waals surface area contributed by atoms with Crippen molar-refractivity contribution in [2.45, 2.75) is 22.3 Å². The summed E-state index contributed by atoms with van der Waals surface area (Å²) in [6.07, 6.45) is -0.0207. The molecule has 3 rings (SSSR count). The number of aliphatic hydroxyl groups excluding tert-OH is 1. The fraction of sp³-hybridized carbons (Fsp3) is 0.208. The van der Waals surface area contributed by atoms with Gasteiger partial charge in [-0.3, -0.25) is 0 Å². The Morgan fingerprint density at radius 1 is 1.00 bits per heavy atom. The molecule has 7 nitrogen and oxygen atoms in total. The molecule has 3 N–H and O–H groups in total. The van der Waals surface area contributed by atoms with Crippen molar-refractivity contribution in [2.24, 2.45) is 0 Å². The summed E-state index contributed by atoms with van der Waals surface area (Å²) in [7, 11) is -3.77. The number of carboxylic acid groups (broad SMARTS) is 1. The maximum absolute atomic E-state index is 12.9. The van der Waals surface area contributed by atoms with Gasteiger partial charge in [0.1, 0.15) is 5.75 Å². The molecule has 0 bridgehead atoms. The molecule has 0 saturated carbocycles. The van der Waals surface area contributed by atoms with Gasteiger partial charge in [-0.2, -0.15) is 0 Å². The number of carbonyl (C=O) groups is 1. The van der Waals surface area contributed by atoms with E-state index >= 15 is 0 Å². The van der Waals surface area contributed by atoms with Gasteiger partial charge in [0.05, 0.1) is 15.9 Å². The fourth-order valence-electron chi connectivity index (χ4n) is 3.15. The molecule has 0 fully saturated rings. The lowest BCUT2D eigenvalue weighted by Gasteiger charge is -2.13. The number of hydrogen-bond donors (Lipinski definition) is 3. The molecule has 3 aromatic rings. The summed E-state index contributed by atoms with van der Waals surface area (Å²) in [6.45, 7) is 0.419. The summed E-state index contributed by atoms with van der Waals surface area (Å²) in [5, 5.41) is 22.7. The molecule has 0 aromatic heterocycles. The Morgan fingerprint density at radius 2 is 1.71 bits per heavy atom. The molecule has 10 heteroatoms. The topological polar surface area (TPSA) is 113 Å². The number of aliphatic hydroxyl groups is 1. The van der Waals surface area contributed by atoms with Gasteiger partial charge in [0, 0.05) is 11.6 Å². The molecule has 0 aliphatic carbocycles. The second-order valence-corrected chi connectivity index (χ2v) is 9.72. The third-order valence-electron chi connectivity index (χ3n) is 4.87. The first-order valence-electron chi connectivity index (χ1n) is 10.2. The Hall–Kier alpha value is -2.62. The van der Waals surface area contributed by atoms with Crippen molar-refractivity contribution in [3.8, 4) is 5.75 Å². The predicted octanol–water partition coefficient (Wildman–Crippen LogP) is 3.92. The van der Waals surface area contributed by atoms with Gasteiger partial charge in [-0.05, 0) is 66.6 Å². The minimum atomic E-state index is -3.77. The van der Waals surface area contributed by atoms with Crippen LogP contribution in [0.25, 0.3) is 0 Å². The number of halogens is 2. The predicted molar refractivity (Wildman–Crippen MR) is 132 cm³/mol. The van der Waals surface area contributed by atoms with E-state index in [4.69, 9.17) is 21.4 Å². The summed E-state index contributed by atoms with van der Waals surface area (Å²) >= 11 is 5.95. The standard InChI is InChI=1S/C24H24ClNO6S.ClH/c25-19-4-1-3-18(13-19)23(27)15-26-12-11-17-7-9-21(10-8-17)33(30,31)22-6-2-5-20(14-22)32-16-24(28)29;/h1-10,13-14,23,26-27H,11-12,15-16H2,(H,28,29);1H/t23-;/m1./s1. The molecule has 0 aliphatic rings. The maximum Gasteiger partial charge on any atom is 0.341 e. The minimum Gasteiger partial charge on any atom is -0.482 e. The molecule has 0 unspecified atom stereocenters. The molecule has 0 radical (unpaired) electrons. The van der Waals surface area contributed by atoms with Gasteiger partial charge >= 0.3 is 5.97 Å². The van der Waals surface area contributed by atoms with Crippen LogP contribution in [0.3, 0.4) is 0 Å². The van der Waals surface area contributed by atoms with Crippen molar-refractivity contribution in [1.29, 1.82) is 0 Å². The van der Waals surface area contributed by atoms with Crippen LogP contribution in [0.4, 0.5) is 0 Å². The largest absolute Gasteiger partial charge is 0.482 e. The van der Waals surface area contributed by atoms with E-state index in [-0.39, 0.29) is 27.9 Å². The van der Waals surface area contributed by atoms with E-state index in [0.717, 1.165) is 11.1 Å². The Labute approximate surface area is 209 Å². The number of rotatable bonds is 11. The first kappa shape index (κ1) is 27.6. The van der Waals surface area contributed by atoms with Gasteiger partial charge < -0.3 is 20.3 Å². The summed E-state index contributed by atoms with van der Waals surface area (Å²) in [6, 6.07) is 19.4. The first-order chi connectivity index (χ1) is 15.8. The van der Waals surface area contributed by atoms with Crippen molar-refractivity contribution in [1.82, 2.24) is 5.32 Å². The van der Waals surface area contributed by atoms with Crippen LogP contribution in [-0.4, -0.2) is 44.3 Å². The van der Waals surface area contributed by atoms with Crippen molar-refractivity contribution in [3.05, 3.63) is 88.9 Å². The summed E-state index contributed by atoms with van der Waals surface area (Å²) in [4.78, 5) is 10.8. The molecule has 0 spiro atoms. The zero-order valence-corrected chi connectivity index (χ0v) is 20.4.